The molecular weight excluding hydrogens is 288 g/mol. The molecule has 2 heterocycles. The van der Waals surface area contributed by atoms with Gasteiger partial charge in [-0.2, -0.15) is 0 Å². The highest BCUT2D eigenvalue weighted by Gasteiger charge is 2.24. The maximum Gasteiger partial charge on any atom is 0.162 e. The minimum atomic E-state index is -0.486. The van der Waals surface area contributed by atoms with E-state index < -0.39 is 5.41 Å². The first-order valence-electron chi connectivity index (χ1n) is 6.87. The van der Waals surface area contributed by atoms with Crippen LogP contribution >= 0.6 is 11.3 Å². The first kappa shape index (κ1) is 16.2. The van der Waals surface area contributed by atoms with Crippen LogP contribution in [0, 0.1) is 12.3 Å². The Morgan fingerprint density at radius 1 is 1.33 bits per heavy atom. The summed E-state index contributed by atoms with van der Waals surface area (Å²) in [5, 5.41) is 19.6. The fourth-order valence-corrected chi connectivity index (χ4v) is 3.12. The number of hydrogen-bond acceptors (Lipinski definition) is 6. The molecule has 0 aliphatic carbocycles. The lowest BCUT2D eigenvalue weighted by Crippen LogP contribution is -2.38. The van der Waals surface area contributed by atoms with Crippen LogP contribution in [0.3, 0.4) is 0 Å². The molecule has 2 rings (SSSR count). The molecule has 2 aromatic rings. The highest BCUT2D eigenvalue weighted by molar-refractivity contribution is 7.14. The summed E-state index contributed by atoms with van der Waals surface area (Å²) in [5.41, 5.74) is -0.486. The highest BCUT2D eigenvalue weighted by Crippen LogP contribution is 2.27. The predicted molar refractivity (Wildman–Crippen MR) is 83.2 cm³/mol. The third-order valence-electron chi connectivity index (χ3n) is 3.35. The van der Waals surface area contributed by atoms with E-state index in [4.69, 9.17) is 4.42 Å². The van der Waals surface area contributed by atoms with E-state index in [2.05, 4.69) is 9.88 Å². The van der Waals surface area contributed by atoms with E-state index in [1.54, 1.807) is 11.3 Å². The number of thiazole rings is 1. The number of rotatable bonds is 7. The zero-order valence-corrected chi connectivity index (χ0v) is 13.5. The minimum Gasteiger partial charge on any atom is -0.459 e. The molecule has 6 heteroatoms. The summed E-state index contributed by atoms with van der Waals surface area (Å²) < 4.78 is 5.57. The molecule has 0 radical (unpaired) electrons. The van der Waals surface area contributed by atoms with Gasteiger partial charge in [-0.3, -0.25) is 0 Å². The number of aliphatic hydroxyl groups is 2. The van der Waals surface area contributed by atoms with Crippen LogP contribution in [0.25, 0.3) is 10.8 Å². The van der Waals surface area contributed by atoms with Crippen LogP contribution in [0.2, 0.25) is 0 Å². The van der Waals surface area contributed by atoms with Crippen molar-refractivity contribution in [3.05, 3.63) is 29.0 Å². The van der Waals surface area contributed by atoms with Crippen molar-refractivity contribution >= 4 is 11.3 Å². The SMILES string of the molecule is Cc1ccc(-c2ncc(CN(C)CC(C)(CO)CO)s2)o1. The van der Waals surface area contributed by atoms with Gasteiger partial charge < -0.3 is 19.5 Å². The molecule has 5 nitrogen and oxygen atoms in total. The summed E-state index contributed by atoms with van der Waals surface area (Å²) in [7, 11) is 1.97. The van der Waals surface area contributed by atoms with E-state index in [1.807, 2.05) is 39.2 Å². The Labute approximate surface area is 128 Å². The standard InChI is InChI=1S/C15H22N2O3S/c1-11-4-5-13(20-11)14-16-6-12(21-14)7-17(3)8-15(2,9-18)10-19/h4-6,18-19H,7-10H2,1-3H3. The van der Waals surface area contributed by atoms with Gasteiger partial charge in [0.1, 0.15) is 5.76 Å². The number of aromatic nitrogens is 1. The average Bonchev–Trinajstić information content (AvgIpc) is 3.07. The molecule has 0 unspecified atom stereocenters. The third kappa shape index (κ3) is 4.14. The van der Waals surface area contributed by atoms with Crippen LogP contribution in [0.5, 0.6) is 0 Å². The molecule has 2 N–H and O–H groups in total. The molecule has 2 aromatic heterocycles. The lowest BCUT2D eigenvalue weighted by atomic mass is 9.92. The van der Waals surface area contributed by atoms with Gasteiger partial charge in [0.05, 0.1) is 13.2 Å². The van der Waals surface area contributed by atoms with Crippen molar-refractivity contribution in [3.63, 3.8) is 0 Å². The monoisotopic (exact) mass is 310 g/mol. The Balaban J connectivity index is 1.99. The summed E-state index contributed by atoms with van der Waals surface area (Å²) in [6, 6.07) is 3.85. The van der Waals surface area contributed by atoms with E-state index in [0.29, 0.717) is 6.54 Å². The lowest BCUT2D eigenvalue weighted by Gasteiger charge is -2.29. The topological polar surface area (TPSA) is 69.7 Å². The molecule has 0 aromatic carbocycles. The van der Waals surface area contributed by atoms with Crippen molar-refractivity contribution in [3.8, 4) is 10.8 Å². The lowest BCUT2D eigenvalue weighted by molar-refractivity contribution is 0.0404. The fraction of sp³-hybridized carbons (Fsp3) is 0.533. The molecule has 0 atom stereocenters. The van der Waals surface area contributed by atoms with Crippen LogP contribution in [0.4, 0.5) is 0 Å². The quantitative estimate of drug-likeness (QED) is 0.820. The van der Waals surface area contributed by atoms with Gasteiger partial charge in [-0.25, -0.2) is 4.98 Å². The maximum atomic E-state index is 9.35. The van der Waals surface area contributed by atoms with E-state index in [1.165, 1.54) is 0 Å². The number of aliphatic hydroxyl groups excluding tert-OH is 2. The second-order valence-corrected chi connectivity index (χ2v) is 6.96. The molecule has 0 bridgehead atoms. The third-order valence-corrected chi connectivity index (χ3v) is 4.34. The van der Waals surface area contributed by atoms with Crippen molar-refractivity contribution in [1.29, 1.82) is 0 Å². The van der Waals surface area contributed by atoms with Crippen LogP contribution in [0.15, 0.2) is 22.7 Å². The van der Waals surface area contributed by atoms with E-state index in [0.717, 1.165) is 28.0 Å². The molecule has 0 spiro atoms. The van der Waals surface area contributed by atoms with Crippen molar-refractivity contribution in [2.24, 2.45) is 5.41 Å². The van der Waals surface area contributed by atoms with Gasteiger partial charge in [0.15, 0.2) is 10.8 Å². The largest absolute Gasteiger partial charge is 0.459 e. The molecule has 0 amide bonds. The van der Waals surface area contributed by atoms with Gasteiger partial charge in [-0.15, -0.1) is 11.3 Å². The Morgan fingerprint density at radius 2 is 2.05 bits per heavy atom. The first-order valence-corrected chi connectivity index (χ1v) is 7.69. The number of hydrogen-bond donors (Lipinski definition) is 2. The number of furan rings is 1. The van der Waals surface area contributed by atoms with E-state index >= 15 is 0 Å². The minimum absolute atomic E-state index is 0.0343. The van der Waals surface area contributed by atoms with E-state index in [-0.39, 0.29) is 13.2 Å². The highest BCUT2D eigenvalue weighted by atomic mass is 32.1. The second-order valence-electron chi connectivity index (χ2n) is 5.84. The van der Waals surface area contributed by atoms with E-state index in [9.17, 15) is 10.2 Å². The molecule has 21 heavy (non-hydrogen) atoms. The van der Waals surface area contributed by atoms with Crippen LogP contribution in [-0.2, 0) is 6.54 Å². The van der Waals surface area contributed by atoms with Gasteiger partial charge in [0, 0.05) is 29.6 Å². The Bertz CT molecular complexity index is 575. The number of nitrogens with zero attached hydrogens (tertiary/aromatic N) is 2. The second kappa shape index (κ2) is 6.70. The maximum absolute atomic E-state index is 9.35. The molecule has 116 valence electrons. The fourth-order valence-electron chi connectivity index (χ4n) is 2.17. The molecular formula is C15H22N2O3S. The van der Waals surface area contributed by atoms with Crippen LogP contribution in [0.1, 0.15) is 17.6 Å². The van der Waals surface area contributed by atoms with Crippen molar-refractivity contribution < 1.29 is 14.6 Å². The zero-order valence-electron chi connectivity index (χ0n) is 12.7. The summed E-state index contributed by atoms with van der Waals surface area (Å²) in [4.78, 5) is 7.59. The van der Waals surface area contributed by atoms with Gasteiger partial charge in [0.2, 0.25) is 0 Å². The van der Waals surface area contributed by atoms with Gasteiger partial charge in [-0.05, 0) is 26.1 Å². The van der Waals surface area contributed by atoms with Crippen LogP contribution < -0.4 is 0 Å². The van der Waals surface area contributed by atoms with Gasteiger partial charge in [0.25, 0.3) is 0 Å². The van der Waals surface area contributed by atoms with Gasteiger partial charge >= 0.3 is 0 Å². The smallest absolute Gasteiger partial charge is 0.162 e. The summed E-state index contributed by atoms with van der Waals surface area (Å²) >= 11 is 1.60. The molecule has 0 fully saturated rings. The van der Waals surface area contributed by atoms with Crippen molar-refractivity contribution in [2.45, 2.75) is 20.4 Å². The van der Waals surface area contributed by atoms with Crippen molar-refractivity contribution in [2.75, 3.05) is 26.8 Å². The predicted octanol–water partition coefficient (Wildman–Crippen LogP) is 2.13. The average molecular weight is 310 g/mol. The van der Waals surface area contributed by atoms with Gasteiger partial charge in [-0.1, -0.05) is 6.92 Å². The van der Waals surface area contributed by atoms with Crippen LogP contribution in [-0.4, -0.2) is 46.9 Å². The summed E-state index contributed by atoms with van der Waals surface area (Å²) in [6.07, 6.45) is 1.85. The Hall–Kier alpha value is -1.21. The van der Waals surface area contributed by atoms with Crippen molar-refractivity contribution in [1.82, 2.24) is 9.88 Å². The Kier molecular flexibility index (Phi) is 5.16. The Morgan fingerprint density at radius 3 is 2.62 bits per heavy atom. The normalized spacial score (nSPS) is 12.3. The summed E-state index contributed by atoms with van der Waals surface area (Å²) in [5.74, 6) is 1.67. The molecule has 0 saturated heterocycles. The molecule has 0 aliphatic rings. The summed E-state index contributed by atoms with van der Waals surface area (Å²) in [6.45, 7) is 5.06. The number of aryl methyl sites for hydroxylation is 1. The molecule has 0 saturated carbocycles. The zero-order chi connectivity index (χ0) is 15.5. The first-order chi connectivity index (χ1) is 9.95. The molecule has 0 aliphatic heterocycles.